The summed E-state index contributed by atoms with van der Waals surface area (Å²) in [6, 6.07) is 1.45. The van der Waals surface area contributed by atoms with Gasteiger partial charge in [0.1, 0.15) is 5.76 Å². The van der Waals surface area contributed by atoms with E-state index in [9.17, 15) is 19.8 Å². The van der Waals surface area contributed by atoms with Gasteiger partial charge in [-0.1, -0.05) is 11.6 Å². The fraction of sp³-hybridized carbons (Fsp3) is 0.294. The Bertz CT molecular complexity index is 853. The number of aliphatic hydroxyl groups is 1. The number of hydrogen-bond acceptors (Lipinski definition) is 5. The molecule has 0 fully saturated rings. The van der Waals surface area contributed by atoms with Crippen molar-refractivity contribution in [1.82, 2.24) is 4.90 Å². The third-order valence-corrected chi connectivity index (χ3v) is 6.71. The molecule has 0 saturated heterocycles. The minimum atomic E-state index is -0.983. The molecule has 132 valence electrons. The summed E-state index contributed by atoms with van der Waals surface area (Å²) in [5.74, 6) is -1.24. The number of rotatable bonds is 4. The van der Waals surface area contributed by atoms with E-state index >= 15 is 0 Å². The van der Waals surface area contributed by atoms with Crippen LogP contribution in [-0.4, -0.2) is 39.3 Å². The van der Waals surface area contributed by atoms with Crippen molar-refractivity contribution < 1.29 is 19.8 Å². The molecule has 0 spiro atoms. The van der Waals surface area contributed by atoms with Crippen molar-refractivity contribution in [2.45, 2.75) is 30.0 Å². The lowest BCUT2D eigenvalue weighted by molar-refractivity contribution is -0.136. The molecule has 0 bridgehead atoms. The fourth-order valence-corrected chi connectivity index (χ4v) is 4.74. The molecule has 1 aromatic heterocycles. The lowest BCUT2D eigenvalue weighted by atomic mass is 9.92. The molecule has 2 heterocycles. The minimum absolute atomic E-state index is 0.0712. The number of hydrogen-bond donors (Lipinski definition) is 2. The van der Waals surface area contributed by atoms with Crippen LogP contribution >= 0.6 is 34.7 Å². The first kappa shape index (κ1) is 18.1. The predicted molar refractivity (Wildman–Crippen MR) is 99.2 cm³/mol. The average Bonchev–Trinajstić information content (AvgIpc) is 3.12. The monoisotopic (exact) mass is 397 g/mol. The summed E-state index contributed by atoms with van der Waals surface area (Å²) in [7, 11) is 0. The van der Waals surface area contributed by atoms with Crippen LogP contribution in [0.1, 0.15) is 30.1 Å². The molecule has 1 aliphatic carbocycles. The first-order valence-electron chi connectivity index (χ1n) is 7.50. The van der Waals surface area contributed by atoms with Gasteiger partial charge in [-0.15, -0.1) is 23.1 Å². The van der Waals surface area contributed by atoms with Crippen molar-refractivity contribution in [3.05, 3.63) is 50.7 Å². The van der Waals surface area contributed by atoms with E-state index in [-0.39, 0.29) is 35.6 Å². The van der Waals surface area contributed by atoms with Crippen LogP contribution in [0.3, 0.4) is 0 Å². The SMILES string of the molecule is CSc1cc(C(=O)N2C(C)=C(CC(=O)O)C3=CC(O)=C(Cl)CC32)cs1. The number of thioether (sulfide) groups is 1. The molecule has 5 nitrogen and oxygen atoms in total. The van der Waals surface area contributed by atoms with Crippen LogP contribution < -0.4 is 0 Å². The Kier molecular flexibility index (Phi) is 4.99. The van der Waals surface area contributed by atoms with E-state index in [1.165, 1.54) is 17.4 Å². The van der Waals surface area contributed by atoms with E-state index < -0.39 is 5.97 Å². The van der Waals surface area contributed by atoms with Gasteiger partial charge in [0.2, 0.25) is 0 Å². The number of carbonyl (C=O) groups excluding carboxylic acids is 1. The van der Waals surface area contributed by atoms with Crippen LogP contribution in [0.2, 0.25) is 0 Å². The number of fused-ring (bicyclic) bond motifs is 1. The Labute approximate surface area is 158 Å². The number of carboxylic acids is 1. The number of carboxylic acid groups (broad SMARTS) is 1. The molecule has 2 aliphatic rings. The fourth-order valence-electron chi connectivity index (χ4n) is 3.16. The normalized spacial score (nSPS) is 20.0. The quantitative estimate of drug-likeness (QED) is 0.737. The highest BCUT2D eigenvalue weighted by Gasteiger charge is 2.41. The van der Waals surface area contributed by atoms with E-state index in [1.807, 2.05) is 12.3 Å². The first-order valence-corrected chi connectivity index (χ1v) is 9.99. The number of aliphatic carboxylic acids is 1. The van der Waals surface area contributed by atoms with Gasteiger partial charge in [0, 0.05) is 17.5 Å². The van der Waals surface area contributed by atoms with Gasteiger partial charge in [-0.2, -0.15) is 0 Å². The molecule has 25 heavy (non-hydrogen) atoms. The number of nitrogens with zero attached hydrogens (tertiary/aromatic N) is 1. The predicted octanol–water partition coefficient (Wildman–Crippen LogP) is 4.38. The summed E-state index contributed by atoms with van der Waals surface area (Å²) >= 11 is 9.15. The van der Waals surface area contributed by atoms with Crippen molar-refractivity contribution in [2.24, 2.45) is 0 Å². The first-order chi connectivity index (χ1) is 11.8. The number of aliphatic hydroxyl groups excluding tert-OH is 1. The highest BCUT2D eigenvalue weighted by atomic mass is 35.5. The Morgan fingerprint density at radius 1 is 1.48 bits per heavy atom. The van der Waals surface area contributed by atoms with Crippen molar-refractivity contribution in [2.75, 3.05) is 6.26 Å². The van der Waals surface area contributed by atoms with Gasteiger partial charge in [0.15, 0.2) is 0 Å². The van der Waals surface area contributed by atoms with E-state index in [2.05, 4.69) is 0 Å². The summed E-state index contributed by atoms with van der Waals surface area (Å²) in [5, 5.41) is 21.2. The highest BCUT2D eigenvalue weighted by molar-refractivity contribution is 8.00. The lowest BCUT2D eigenvalue weighted by Gasteiger charge is -2.29. The second kappa shape index (κ2) is 6.90. The van der Waals surface area contributed by atoms with Crippen molar-refractivity contribution in [1.29, 1.82) is 0 Å². The van der Waals surface area contributed by atoms with Crippen LogP contribution in [0.25, 0.3) is 0 Å². The maximum absolute atomic E-state index is 13.1. The molecule has 8 heteroatoms. The molecular weight excluding hydrogens is 382 g/mol. The van der Waals surface area contributed by atoms with Crippen molar-refractivity contribution >= 4 is 46.6 Å². The Morgan fingerprint density at radius 3 is 2.80 bits per heavy atom. The van der Waals surface area contributed by atoms with Gasteiger partial charge in [0.05, 0.1) is 27.3 Å². The lowest BCUT2D eigenvalue weighted by Crippen LogP contribution is -2.37. The highest BCUT2D eigenvalue weighted by Crippen LogP contribution is 2.43. The average molecular weight is 398 g/mol. The molecule has 2 N–H and O–H groups in total. The van der Waals surface area contributed by atoms with E-state index in [0.717, 1.165) is 4.21 Å². The van der Waals surface area contributed by atoms with Crippen LogP contribution in [0.4, 0.5) is 0 Å². The maximum Gasteiger partial charge on any atom is 0.307 e. The van der Waals surface area contributed by atoms with Gasteiger partial charge in [0.25, 0.3) is 5.91 Å². The van der Waals surface area contributed by atoms with E-state index in [4.69, 9.17) is 11.6 Å². The molecule has 1 amide bonds. The van der Waals surface area contributed by atoms with Gasteiger partial charge in [-0.05, 0) is 36.5 Å². The van der Waals surface area contributed by atoms with Crippen LogP contribution in [0.15, 0.2) is 49.4 Å². The topological polar surface area (TPSA) is 77.8 Å². The zero-order chi connectivity index (χ0) is 18.3. The van der Waals surface area contributed by atoms with Gasteiger partial charge in [-0.25, -0.2) is 0 Å². The third-order valence-electron chi connectivity index (χ3n) is 4.33. The second-order valence-electron chi connectivity index (χ2n) is 5.78. The zero-order valence-corrected chi connectivity index (χ0v) is 16.0. The molecule has 0 saturated carbocycles. The number of amides is 1. The van der Waals surface area contributed by atoms with Crippen LogP contribution in [0, 0.1) is 0 Å². The van der Waals surface area contributed by atoms with E-state index in [0.29, 0.717) is 22.4 Å². The van der Waals surface area contributed by atoms with Gasteiger partial charge in [-0.3, -0.25) is 9.59 Å². The summed E-state index contributed by atoms with van der Waals surface area (Å²) in [6.07, 6.45) is 3.49. The minimum Gasteiger partial charge on any atom is -0.507 e. The maximum atomic E-state index is 13.1. The van der Waals surface area contributed by atoms with Crippen molar-refractivity contribution in [3.63, 3.8) is 0 Å². The van der Waals surface area contributed by atoms with Crippen LogP contribution in [-0.2, 0) is 4.79 Å². The molecule has 0 aromatic carbocycles. The molecule has 1 unspecified atom stereocenters. The molecule has 1 aliphatic heterocycles. The summed E-state index contributed by atoms with van der Waals surface area (Å²) in [4.78, 5) is 25.9. The summed E-state index contributed by atoms with van der Waals surface area (Å²) in [5.41, 5.74) is 2.37. The number of halogens is 1. The number of thiophene rings is 1. The Morgan fingerprint density at radius 2 is 2.20 bits per heavy atom. The smallest absolute Gasteiger partial charge is 0.307 e. The molecule has 1 atom stereocenters. The molecular formula is C17H16ClNO4S2. The van der Waals surface area contributed by atoms with Crippen molar-refractivity contribution in [3.8, 4) is 0 Å². The third kappa shape index (κ3) is 3.23. The Balaban J connectivity index is 2.04. The summed E-state index contributed by atoms with van der Waals surface area (Å²) in [6.45, 7) is 1.74. The van der Waals surface area contributed by atoms with Gasteiger partial charge < -0.3 is 15.1 Å². The summed E-state index contributed by atoms with van der Waals surface area (Å²) < 4.78 is 1.03. The zero-order valence-electron chi connectivity index (χ0n) is 13.6. The standard InChI is InChI=1S/C17H16ClNO4S2/c1-8-10(5-15(21)22)11-4-14(20)12(18)6-13(11)19(8)17(23)9-3-16(24-2)25-7-9/h3-4,7,13,20H,5-6H2,1-2H3,(H,21,22). The van der Waals surface area contributed by atoms with Crippen LogP contribution in [0.5, 0.6) is 0 Å². The van der Waals surface area contributed by atoms with E-state index in [1.54, 1.807) is 29.0 Å². The molecule has 0 radical (unpaired) electrons. The number of allylic oxidation sites excluding steroid dienone is 2. The molecule has 3 rings (SSSR count). The number of carbonyl (C=O) groups is 2. The van der Waals surface area contributed by atoms with Gasteiger partial charge >= 0.3 is 5.97 Å². The Hall–Kier alpha value is -1.70. The largest absolute Gasteiger partial charge is 0.507 e. The second-order valence-corrected chi connectivity index (χ2v) is 8.25. The molecule has 1 aromatic rings.